The van der Waals surface area contributed by atoms with Gasteiger partial charge in [-0.2, -0.15) is 5.10 Å². The smallest absolute Gasteiger partial charge is 0.305 e. The molecule has 1 aromatic heterocycles. The Morgan fingerprint density at radius 1 is 1.48 bits per heavy atom. The Hall–Kier alpha value is -1.41. The summed E-state index contributed by atoms with van der Waals surface area (Å²) in [6.45, 7) is 7.45. The molecule has 1 fully saturated rings. The molecular formula is C13H21N3O4S. The van der Waals surface area contributed by atoms with E-state index in [0.29, 0.717) is 11.4 Å². The molecule has 21 heavy (non-hydrogen) atoms. The van der Waals surface area contributed by atoms with Crippen molar-refractivity contribution in [3.63, 3.8) is 0 Å². The summed E-state index contributed by atoms with van der Waals surface area (Å²) in [7, 11) is -3.63. The lowest BCUT2D eigenvalue weighted by Crippen LogP contribution is -2.29. The number of nitrogens with zero attached hydrogens (tertiary/aromatic N) is 2. The molecule has 1 atom stereocenters. The molecule has 1 unspecified atom stereocenters. The molecule has 0 amide bonds. The molecule has 1 aliphatic rings. The third kappa shape index (κ3) is 3.26. The molecule has 118 valence electrons. The first-order chi connectivity index (χ1) is 9.54. The van der Waals surface area contributed by atoms with E-state index >= 15 is 0 Å². The van der Waals surface area contributed by atoms with Gasteiger partial charge in [0.1, 0.15) is 4.90 Å². The Morgan fingerprint density at radius 2 is 2.05 bits per heavy atom. The van der Waals surface area contributed by atoms with Crippen LogP contribution in [0.2, 0.25) is 0 Å². The van der Waals surface area contributed by atoms with Crippen molar-refractivity contribution in [1.29, 1.82) is 0 Å². The summed E-state index contributed by atoms with van der Waals surface area (Å²) in [6.07, 6.45) is 0.724. The van der Waals surface area contributed by atoms with Crippen LogP contribution in [0.1, 0.15) is 38.1 Å². The molecule has 0 aromatic carbocycles. The summed E-state index contributed by atoms with van der Waals surface area (Å²) in [5, 5.41) is 12.9. The van der Waals surface area contributed by atoms with Crippen molar-refractivity contribution >= 4 is 16.0 Å². The van der Waals surface area contributed by atoms with Gasteiger partial charge >= 0.3 is 5.97 Å². The van der Waals surface area contributed by atoms with Gasteiger partial charge in [0.05, 0.1) is 24.4 Å². The van der Waals surface area contributed by atoms with E-state index in [0.717, 1.165) is 6.42 Å². The minimum Gasteiger partial charge on any atom is -0.481 e. The first-order valence-electron chi connectivity index (χ1n) is 6.83. The average molecular weight is 315 g/mol. The zero-order valence-electron chi connectivity index (χ0n) is 12.7. The van der Waals surface area contributed by atoms with E-state index < -0.39 is 16.0 Å². The molecule has 1 aliphatic carbocycles. The molecule has 1 heterocycles. The van der Waals surface area contributed by atoms with Crippen LogP contribution in [0.5, 0.6) is 0 Å². The monoisotopic (exact) mass is 315 g/mol. The summed E-state index contributed by atoms with van der Waals surface area (Å²) >= 11 is 0. The molecule has 2 N–H and O–H groups in total. The fourth-order valence-corrected chi connectivity index (χ4v) is 4.22. The van der Waals surface area contributed by atoms with E-state index in [1.165, 1.54) is 4.68 Å². The summed E-state index contributed by atoms with van der Waals surface area (Å²) in [6, 6.07) is -0.0522. The van der Waals surface area contributed by atoms with Gasteiger partial charge in [0.2, 0.25) is 10.0 Å². The van der Waals surface area contributed by atoms with Crippen LogP contribution < -0.4 is 4.72 Å². The van der Waals surface area contributed by atoms with Crippen LogP contribution >= 0.6 is 0 Å². The number of aryl methyl sites for hydroxylation is 2. The maximum atomic E-state index is 12.5. The Kier molecular flexibility index (Phi) is 3.88. The van der Waals surface area contributed by atoms with Gasteiger partial charge in [0, 0.05) is 6.04 Å². The Morgan fingerprint density at radius 3 is 2.52 bits per heavy atom. The number of carboxylic acids is 1. The molecular weight excluding hydrogens is 294 g/mol. The second-order valence-corrected chi connectivity index (χ2v) is 7.88. The molecule has 1 aromatic rings. The van der Waals surface area contributed by atoms with Crippen molar-refractivity contribution in [2.45, 2.75) is 58.0 Å². The molecule has 0 bridgehead atoms. The van der Waals surface area contributed by atoms with Gasteiger partial charge in [-0.05, 0) is 25.7 Å². The normalized spacial score (nSPS) is 20.5. The van der Waals surface area contributed by atoms with Crippen LogP contribution in [-0.4, -0.2) is 35.3 Å². The van der Waals surface area contributed by atoms with Crippen molar-refractivity contribution in [1.82, 2.24) is 14.5 Å². The lowest BCUT2D eigenvalue weighted by atomic mass is 10.2. The molecule has 7 nitrogen and oxygen atoms in total. The molecule has 0 saturated heterocycles. The molecule has 2 rings (SSSR count). The maximum absolute atomic E-state index is 12.5. The number of carbonyl (C=O) groups is 1. The standard InChI is InChI=1S/C13H21N3O4S/c1-8-12(9(2)16(14-8)6-5-11(17)18)21(19,20)15-10-7-13(10,3)4/h10,15H,5-7H2,1-4H3,(H,17,18). The lowest BCUT2D eigenvalue weighted by Gasteiger charge is -2.09. The highest BCUT2D eigenvalue weighted by molar-refractivity contribution is 7.89. The summed E-state index contributed by atoms with van der Waals surface area (Å²) in [4.78, 5) is 10.8. The van der Waals surface area contributed by atoms with E-state index in [-0.39, 0.29) is 29.3 Å². The first-order valence-corrected chi connectivity index (χ1v) is 8.31. The Bertz CT molecular complexity index is 676. The number of nitrogens with one attached hydrogen (secondary N) is 1. The van der Waals surface area contributed by atoms with Gasteiger partial charge in [-0.1, -0.05) is 13.8 Å². The first kappa shape index (κ1) is 16.0. The highest BCUT2D eigenvalue weighted by atomic mass is 32.2. The fraction of sp³-hybridized carbons (Fsp3) is 0.692. The summed E-state index contributed by atoms with van der Waals surface area (Å²) in [5.41, 5.74) is 0.859. The number of aliphatic carboxylic acids is 1. The van der Waals surface area contributed by atoms with Gasteiger partial charge in [-0.25, -0.2) is 13.1 Å². The van der Waals surface area contributed by atoms with Crippen molar-refractivity contribution in [3.05, 3.63) is 11.4 Å². The average Bonchev–Trinajstić information content (AvgIpc) is 2.76. The fourth-order valence-electron chi connectivity index (χ4n) is 2.40. The number of hydrogen-bond acceptors (Lipinski definition) is 4. The van der Waals surface area contributed by atoms with Crippen LogP contribution in [0.25, 0.3) is 0 Å². The molecule has 0 aliphatic heterocycles. The molecule has 0 spiro atoms. The van der Waals surface area contributed by atoms with Crippen molar-refractivity contribution in [2.24, 2.45) is 5.41 Å². The van der Waals surface area contributed by atoms with Crippen LogP contribution in [0.3, 0.4) is 0 Å². The van der Waals surface area contributed by atoms with Crippen molar-refractivity contribution in [2.75, 3.05) is 0 Å². The summed E-state index contributed by atoms with van der Waals surface area (Å²) in [5.74, 6) is -0.940. The Balaban J connectivity index is 2.25. The van der Waals surface area contributed by atoms with Crippen LogP contribution in [0.4, 0.5) is 0 Å². The molecule has 8 heteroatoms. The number of hydrogen-bond donors (Lipinski definition) is 2. The van der Waals surface area contributed by atoms with Gasteiger partial charge in [-0.3, -0.25) is 9.48 Å². The van der Waals surface area contributed by atoms with Crippen LogP contribution in [0.15, 0.2) is 4.90 Å². The van der Waals surface area contributed by atoms with E-state index in [9.17, 15) is 13.2 Å². The third-order valence-electron chi connectivity index (χ3n) is 3.93. The second-order valence-electron chi connectivity index (χ2n) is 6.23. The Labute approximate surface area is 124 Å². The predicted molar refractivity (Wildman–Crippen MR) is 76.5 cm³/mol. The van der Waals surface area contributed by atoms with Crippen molar-refractivity contribution < 1.29 is 18.3 Å². The van der Waals surface area contributed by atoms with E-state index in [1.54, 1.807) is 13.8 Å². The minimum absolute atomic E-state index is 0.00577. The van der Waals surface area contributed by atoms with E-state index in [2.05, 4.69) is 9.82 Å². The highest BCUT2D eigenvalue weighted by Gasteiger charge is 2.48. The minimum atomic E-state index is -3.63. The topological polar surface area (TPSA) is 101 Å². The molecule has 1 saturated carbocycles. The van der Waals surface area contributed by atoms with Gasteiger partial charge < -0.3 is 5.11 Å². The number of aromatic nitrogens is 2. The van der Waals surface area contributed by atoms with Gasteiger partial charge in [0.15, 0.2) is 0 Å². The van der Waals surface area contributed by atoms with E-state index in [1.807, 2.05) is 13.8 Å². The third-order valence-corrected chi connectivity index (χ3v) is 5.66. The molecule has 0 radical (unpaired) electrons. The number of sulfonamides is 1. The highest BCUT2D eigenvalue weighted by Crippen LogP contribution is 2.45. The largest absolute Gasteiger partial charge is 0.481 e. The SMILES string of the molecule is Cc1nn(CCC(=O)O)c(C)c1S(=O)(=O)NC1CC1(C)C. The summed E-state index contributed by atoms with van der Waals surface area (Å²) < 4.78 is 29.1. The zero-order chi connectivity index (χ0) is 16.0. The second kappa shape index (κ2) is 5.10. The lowest BCUT2D eigenvalue weighted by molar-refractivity contribution is -0.137. The predicted octanol–water partition coefficient (Wildman–Crippen LogP) is 1.05. The van der Waals surface area contributed by atoms with Crippen LogP contribution in [-0.2, 0) is 21.4 Å². The van der Waals surface area contributed by atoms with Gasteiger partial charge in [0.25, 0.3) is 0 Å². The maximum Gasteiger partial charge on any atom is 0.305 e. The number of carboxylic acid groups (broad SMARTS) is 1. The number of rotatable bonds is 6. The zero-order valence-corrected chi connectivity index (χ0v) is 13.5. The van der Waals surface area contributed by atoms with Gasteiger partial charge in [-0.15, -0.1) is 0 Å². The van der Waals surface area contributed by atoms with Crippen LogP contribution in [0, 0.1) is 19.3 Å². The van der Waals surface area contributed by atoms with Crippen molar-refractivity contribution in [3.8, 4) is 0 Å². The quantitative estimate of drug-likeness (QED) is 0.817. The van der Waals surface area contributed by atoms with E-state index in [4.69, 9.17) is 5.11 Å².